The molecule has 0 radical (unpaired) electrons. The van der Waals surface area contributed by atoms with Crippen molar-refractivity contribution in [1.29, 1.82) is 0 Å². The fourth-order valence-electron chi connectivity index (χ4n) is 3.16. The van der Waals surface area contributed by atoms with Gasteiger partial charge in [-0.3, -0.25) is 9.59 Å². The maximum atomic E-state index is 12.7. The standard InChI is InChI=1S/C21H30N2O4/c1-5-15-8-6-7-9-18(23-21(25)14(2)12-20(24)22-15)17-11-10-16(26-3)13-19(17)27-4/h6-7,10-11,13-15,18H,5,8-9,12H2,1-4H3,(H,22,24)(H,23,25)/b7-6-/t14-,15+,18-/m0/s1. The molecule has 1 aliphatic rings. The molecule has 6 nitrogen and oxygen atoms in total. The van der Waals surface area contributed by atoms with Crippen LogP contribution in [0.2, 0.25) is 0 Å². The summed E-state index contributed by atoms with van der Waals surface area (Å²) in [6, 6.07) is 5.44. The van der Waals surface area contributed by atoms with Gasteiger partial charge in [0.15, 0.2) is 0 Å². The predicted molar refractivity (Wildman–Crippen MR) is 105 cm³/mol. The molecule has 2 amide bonds. The van der Waals surface area contributed by atoms with E-state index in [1.807, 2.05) is 25.1 Å². The number of nitrogens with one attached hydrogen (secondary N) is 2. The summed E-state index contributed by atoms with van der Waals surface area (Å²) < 4.78 is 10.8. The van der Waals surface area contributed by atoms with Crippen molar-refractivity contribution < 1.29 is 19.1 Å². The van der Waals surface area contributed by atoms with Crippen molar-refractivity contribution in [2.24, 2.45) is 5.92 Å². The summed E-state index contributed by atoms with van der Waals surface area (Å²) in [6.45, 7) is 3.82. The van der Waals surface area contributed by atoms with E-state index in [2.05, 4.69) is 22.8 Å². The zero-order valence-corrected chi connectivity index (χ0v) is 16.6. The number of ether oxygens (including phenoxy) is 2. The second-order valence-electron chi connectivity index (χ2n) is 6.89. The highest BCUT2D eigenvalue weighted by Gasteiger charge is 2.24. The lowest BCUT2D eigenvalue weighted by molar-refractivity contribution is -0.130. The maximum absolute atomic E-state index is 12.7. The molecule has 0 bridgehead atoms. The van der Waals surface area contributed by atoms with E-state index in [9.17, 15) is 9.59 Å². The first-order chi connectivity index (χ1) is 13.0. The normalized spacial score (nSPS) is 25.4. The van der Waals surface area contributed by atoms with Crippen LogP contribution in [-0.4, -0.2) is 32.1 Å². The molecule has 0 aliphatic carbocycles. The number of carbonyl (C=O) groups excluding carboxylic acids is 2. The third kappa shape index (κ3) is 5.74. The highest BCUT2D eigenvalue weighted by molar-refractivity contribution is 5.86. The quantitative estimate of drug-likeness (QED) is 0.794. The Morgan fingerprint density at radius 1 is 1.07 bits per heavy atom. The highest BCUT2D eigenvalue weighted by atomic mass is 16.5. The molecule has 3 atom stereocenters. The Balaban J connectivity index is 2.31. The fourth-order valence-corrected chi connectivity index (χ4v) is 3.16. The van der Waals surface area contributed by atoms with Crippen LogP contribution < -0.4 is 20.1 Å². The Morgan fingerprint density at radius 3 is 2.48 bits per heavy atom. The average molecular weight is 374 g/mol. The summed E-state index contributed by atoms with van der Waals surface area (Å²) in [4.78, 5) is 24.9. The van der Waals surface area contributed by atoms with Crippen LogP contribution >= 0.6 is 0 Å². The van der Waals surface area contributed by atoms with Crippen molar-refractivity contribution in [3.05, 3.63) is 35.9 Å². The molecule has 148 valence electrons. The molecule has 6 heteroatoms. The number of hydrogen-bond donors (Lipinski definition) is 2. The molecule has 1 aliphatic heterocycles. The Morgan fingerprint density at radius 2 is 1.81 bits per heavy atom. The molecule has 0 unspecified atom stereocenters. The van der Waals surface area contributed by atoms with Gasteiger partial charge in [-0.2, -0.15) is 0 Å². The number of carbonyl (C=O) groups is 2. The molecule has 2 N–H and O–H groups in total. The van der Waals surface area contributed by atoms with Gasteiger partial charge in [0.25, 0.3) is 0 Å². The lowest BCUT2D eigenvalue weighted by atomic mass is 9.98. The van der Waals surface area contributed by atoms with Crippen molar-refractivity contribution in [1.82, 2.24) is 10.6 Å². The molecule has 0 aromatic heterocycles. The van der Waals surface area contributed by atoms with Crippen molar-refractivity contribution in [2.75, 3.05) is 14.2 Å². The smallest absolute Gasteiger partial charge is 0.223 e. The second kappa shape index (κ2) is 10.00. The summed E-state index contributed by atoms with van der Waals surface area (Å²) in [5, 5.41) is 6.07. The molecule has 1 heterocycles. The molecular formula is C21H30N2O4. The van der Waals surface area contributed by atoms with Crippen molar-refractivity contribution in [3.8, 4) is 11.5 Å². The summed E-state index contributed by atoms with van der Waals surface area (Å²) in [5.74, 6) is 0.725. The Kier molecular flexibility index (Phi) is 7.70. The van der Waals surface area contributed by atoms with Gasteiger partial charge in [-0.25, -0.2) is 0 Å². The molecule has 2 rings (SSSR count). The maximum Gasteiger partial charge on any atom is 0.223 e. The lowest BCUT2D eigenvalue weighted by Gasteiger charge is -2.24. The number of benzene rings is 1. The van der Waals surface area contributed by atoms with Gasteiger partial charge in [-0.05, 0) is 31.4 Å². The van der Waals surface area contributed by atoms with Crippen LogP contribution in [0.1, 0.15) is 51.1 Å². The van der Waals surface area contributed by atoms with Crippen LogP contribution in [0, 0.1) is 5.92 Å². The van der Waals surface area contributed by atoms with E-state index in [0.717, 1.165) is 18.4 Å². The Hall–Kier alpha value is -2.50. The number of amides is 2. The number of hydrogen-bond acceptors (Lipinski definition) is 4. The Labute approximate surface area is 161 Å². The highest BCUT2D eigenvalue weighted by Crippen LogP contribution is 2.31. The minimum absolute atomic E-state index is 0.0861. The van der Waals surface area contributed by atoms with Gasteiger partial charge in [0.2, 0.25) is 11.8 Å². The van der Waals surface area contributed by atoms with Crippen LogP contribution in [0.15, 0.2) is 30.4 Å². The van der Waals surface area contributed by atoms with Gasteiger partial charge in [-0.15, -0.1) is 0 Å². The Bertz CT molecular complexity index is 687. The van der Waals surface area contributed by atoms with E-state index in [4.69, 9.17) is 9.47 Å². The van der Waals surface area contributed by atoms with E-state index < -0.39 is 5.92 Å². The minimum atomic E-state index is -0.405. The van der Waals surface area contributed by atoms with Crippen molar-refractivity contribution >= 4 is 11.8 Å². The number of rotatable bonds is 4. The molecule has 0 spiro atoms. The monoisotopic (exact) mass is 374 g/mol. The largest absolute Gasteiger partial charge is 0.497 e. The van der Waals surface area contributed by atoms with Gasteiger partial charge in [0.05, 0.1) is 20.3 Å². The van der Waals surface area contributed by atoms with Crippen LogP contribution in [0.25, 0.3) is 0 Å². The first-order valence-electron chi connectivity index (χ1n) is 9.45. The SMILES string of the molecule is CC[C@@H]1C/C=C\C[C@@H](c2ccc(OC)cc2OC)NC(=O)[C@@H](C)CC(=O)N1. The molecule has 0 fully saturated rings. The number of methoxy groups -OCH3 is 2. The first-order valence-corrected chi connectivity index (χ1v) is 9.45. The van der Waals surface area contributed by atoms with Crippen molar-refractivity contribution in [2.45, 2.75) is 51.6 Å². The zero-order chi connectivity index (χ0) is 19.8. The van der Waals surface area contributed by atoms with Crippen molar-refractivity contribution in [3.63, 3.8) is 0 Å². The topological polar surface area (TPSA) is 76.7 Å². The van der Waals surface area contributed by atoms with Gasteiger partial charge < -0.3 is 20.1 Å². The van der Waals surface area contributed by atoms with Gasteiger partial charge >= 0.3 is 0 Å². The summed E-state index contributed by atoms with van der Waals surface area (Å²) >= 11 is 0. The molecule has 27 heavy (non-hydrogen) atoms. The minimum Gasteiger partial charge on any atom is -0.497 e. The summed E-state index contributed by atoms with van der Waals surface area (Å²) in [6.07, 6.45) is 6.57. The lowest BCUT2D eigenvalue weighted by Crippen LogP contribution is -2.39. The molecule has 1 aromatic rings. The van der Waals surface area contributed by atoms with E-state index in [0.29, 0.717) is 17.9 Å². The molecule has 0 saturated heterocycles. The van der Waals surface area contributed by atoms with Crippen LogP contribution in [-0.2, 0) is 9.59 Å². The van der Waals surface area contributed by atoms with E-state index in [1.165, 1.54) is 0 Å². The molecular weight excluding hydrogens is 344 g/mol. The third-order valence-electron chi connectivity index (χ3n) is 4.89. The third-order valence-corrected chi connectivity index (χ3v) is 4.89. The zero-order valence-electron chi connectivity index (χ0n) is 16.6. The fraction of sp³-hybridized carbons (Fsp3) is 0.524. The first kappa shape index (κ1) is 20.8. The van der Waals surface area contributed by atoms with Gasteiger partial charge in [-0.1, -0.05) is 26.0 Å². The van der Waals surface area contributed by atoms with Gasteiger partial charge in [0, 0.05) is 30.0 Å². The van der Waals surface area contributed by atoms with Gasteiger partial charge in [0.1, 0.15) is 11.5 Å². The molecule has 1 aromatic carbocycles. The van der Waals surface area contributed by atoms with E-state index in [-0.39, 0.29) is 30.3 Å². The van der Waals surface area contributed by atoms with Crippen LogP contribution in [0.5, 0.6) is 11.5 Å². The molecule has 0 saturated carbocycles. The van der Waals surface area contributed by atoms with Crippen LogP contribution in [0.3, 0.4) is 0 Å². The second-order valence-corrected chi connectivity index (χ2v) is 6.89. The summed E-state index contributed by atoms with van der Waals surface area (Å²) in [5.41, 5.74) is 0.886. The average Bonchev–Trinajstić information content (AvgIpc) is 2.67. The predicted octanol–water partition coefficient (Wildman–Crippen LogP) is 3.13. The van der Waals surface area contributed by atoms with E-state index >= 15 is 0 Å². The van der Waals surface area contributed by atoms with Crippen LogP contribution in [0.4, 0.5) is 0 Å². The summed E-state index contributed by atoms with van der Waals surface area (Å²) in [7, 11) is 3.20. The van der Waals surface area contributed by atoms with E-state index in [1.54, 1.807) is 21.1 Å².